The van der Waals surface area contributed by atoms with Gasteiger partial charge < -0.3 is 4.90 Å². The lowest BCUT2D eigenvalue weighted by Crippen LogP contribution is -2.48. The van der Waals surface area contributed by atoms with Crippen LogP contribution in [-0.4, -0.2) is 53.4 Å². The Hall–Kier alpha value is -2.76. The van der Waals surface area contributed by atoms with Crippen LogP contribution in [-0.2, 0) is 0 Å². The van der Waals surface area contributed by atoms with Crippen molar-refractivity contribution >= 4 is 23.3 Å². The van der Waals surface area contributed by atoms with E-state index >= 15 is 0 Å². The molecule has 1 aromatic heterocycles. The molecular weight excluding hydrogens is 366 g/mol. The monoisotopic (exact) mass is 389 g/mol. The normalized spacial score (nSPS) is 15.2. The zero-order valence-electron chi connectivity index (χ0n) is 15.7. The van der Waals surface area contributed by atoms with Gasteiger partial charge >= 0.3 is 0 Å². The second-order valence-corrected chi connectivity index (χ2v) is 7.66. The van der Waals surface area contributed by atoms with Gasteiger partial charge in [0.1, 0.15) is 4.88 Å². The predicted octanol–water partition coefficient (Wildman–Crippen LogP) is 4.28. The fourth-order valence-electron chi connectivity index (χ4n) is 3.38. The Bertz CT molecular complexity index is 929. The van der Waals surface area contributed by atoms with E-state index < -0.39 is 0 Å². The van der Waals surface area contributed by atoms with E-state index in [0.29, 0.717) is 0 Å². The molecule has 0 radical (unpaired) electrons. The molecule has 0 spiro atoms. The molecule has 1 aliphatic heterocycles. The van der Waals surface area contributed by atoms with Gasteiger partial charge in [0, 0.05) is 38.3 Å². The van der Waals surface area contributed by atoms with Crippen LogP contribution in [0.15, 0.2) is 72.3 Å². The van der Waals surface area contributed by atoms with Crippen LogP contribution in [0, 0.1) is 0 Å². The van der Waals surface area contributed by atoms with Crippen molar-refractivity contribution in [2.24, 2.45) is 0 Å². The van der Waals surface area contributed by atoms with Crippen LogP contribution in [0.1, 0.15) is 15.2 Å². The third-order valence-corrected chi connectivity index (χ3v) is 5.76. The summed E-state index contributed by atoms with van der Waals surface area (Å²) >= 11 is 1.43. The van der Waals surface area contributed by atoms with Gasteiger partial charge in [0.05, 0.1) is 11.2 Å². The third kappa shape index (κ3) is 4.38. The molecule has 0 atom stereocenters. The predicted molar refractivity (Wildman–Crippen MR) is 115 cm³/mol. The molecule has 2 aromatic carbocycles. The summed E-state index contributed by atoms with van der Waals surface area (Å²) < 4.78 is 0. The molecule has 1 aliphatic rings. The summed E-state index contributed by atoms with van der Waals surface area (Å²) in [7, 11) is 0. The number of piperazine rings is 1. The quantitative estimate of drug-likeness (QED) is 0.653. The van der Waals surface area contributed by atoms with Crippen LogP contribution in [0.4, 0.5) is 0 Å². The van der Waals surface area contributed by atoms with Gasteiger partial charge in [0.2, 0.25) is 0 Å². The largest absolute Gasteiger partial charge is 0.335 e. The molecule has 3 aromatic rings. The summed E-state index contributed by atoms with van der Waals surface area (Å²) in [5.41, 5.74) is 4.77. The first-order valence-corrected chi connectivity index (χ1v) is 10.4. The number of hydrogen-bond acceptors (Lipinski definition) is 4. The van der Waals surface area contributed by atoms with Gasteiger partial charge in [0.25, 0.3) is 5.91 Å². The minimum absolute atomic E-state index is 0.0980. The molecule has 2 heterocycles. The van der Waals surface area contributed by atoms with Gasteiger partial charge in [-0.1, -0.05) is 72.8 Å². The number of nitrogens with zero attached hydrogens (tertiary/aromatic N) is 3. The van der Waals surface area contributed by atoms with Gasteiger partial charge in [-0.2, -0.15) is 0 Å². The van der Waals surface area contributed by atoms with Gasteiger partial charge in [-0.3, -0.25) is 9.69 Å². The summed E-state index contributed by atoms with van der Waals surface area (Å²) in [4.78, 5) is 22.5. The van der Waals surface area contributed by atoms with Crippen molar-refractivity contribution in [1.82, 2.24) is 14.8 Å². The zero-order chi connectivity index (χ0) is 19.2. The van der Waals surface area contributed by atoms with Gasteiger partial charge in [0.15, 0.2) is 0 Å². The average Bonchev–Trinajstić information content (AvgIpc) is 3.25. The smallest absolute Gasteiger partial charge is 0.266 e. The SMILES string of the molecule is O=C(c1scnc1-c1ccccc1)N1CCN(C/C=C/c2ccccc2)CC1. The van der Waals surface area contributed by atoms with Crippen molar-refractivity contribution in [3.8, 4) is 11.3 Å². The Labute approximate surface area is 169 Å². The summed E-state index contributed by atoms with van der Waals surface area (Å²) in [6.45, 7) is 4.20. The van der Waals surface area contributed by atoms with E-state index in [0.717, 1.165) is 48.9 Å². The van der Waals surface area contributed by atoms with Gasteiger partial charge in [-0.25, -0.2) is 4.98 Å². The van der Waals surface area contributed by atoms with Crippen LogP contribution < -0.4 is 0 Å². The Morgan fingerprint density at radius 2 is 1.64 bits per heavy atom. The van der Waals surface area contributed by atoms with E-state index in [4.69, 9.17) is 0 Å². The molecular formula is C23H23N3OS. The van der Waals surface area contributed by atoms with Crippen LogP contribution in [0.25, 0.3) is 17.3 Å². The second kappa shape index (κ2) is 8.95. The van der Waals surface area contributed by atoms with Gasteiger partial charge in [-0.05, 0) is 5.56 Å². The lowest BCUT2D eigenvalue weighted by Gasteiger charge is -2.34. The van der Waals surface area contributed by atoms with Crippen molar-refractivity contribution in [3.05, 3.63) is 82.7 Å². The second-order valence-electron chi connectivity index (χ2n) is 6.80. The van der Waals surface area contributed by atoms with Crippen LogP contribution in [0.3, 0.4) is 0 Å². The highest BCUT2D eigenvalue weighted by Crippen LogP contribution is 2.26. The molecule has 0 saturated carbocycles. The molecule has 4 rings (SSSR count). The lowest BCUT2D eigenvalue weighted by molar-refractivity contribution is 0.0655. The zero-order valence-corrected chi connectivity index (χ0v) is 16.5. The molecule has 1 saturated heterocycles. The number of amides is 1. The van der Waals surface area contributed by atoms with E-state index in [2.05, 4.69) is 34.2 Å². The molecule has 0 aliphatic carbocycles. The summed E-state index contributed by atoms with van der Waals surface area (Å²) in [5.74, 6) is 0.0980. The summed E-state index contributed by atoms with van der Waals surface area (Å²) in [6, 6.07) is 20.3. The van der Waals surface area contributed by atoms with E-state index in [-0.39, 0.29) is 5.91 Å². The molecule has 142 valence electrons. The molecule has 0 unspecified atom stereocenters. The highest BCUT2D eigenvalue weighted by molar-refractivity contribution is 7.12. The van der Waals surface area contributed by atoms with Crippen molar-refractivity contribution in [2.75, 3.05) is 32.7 Å². The number of aromatic nitrogens is 1. The number of rotatable bonds is 5. The first-order chi connectivity index (χ1) is 13.8. The first-order valence-electron chi connectivity index (χ1n) is 9.53. The molecule has 1 fully saturated rings. The van der Waals surface area contributed by atoms with E-state index in [9.17, 15) is 4.79 Å². The van der Waals surface area contributed by atoms with Crippen LogP contribution >= 0.6 is 11.3 Å². The highest BCUT2D eigenvalue weighted by atomic mass is 32.1. The molecule has 0 bridgehead atoms. The molecule has 5 heteroatoms. The van der Waals surface area contributed by atoms with E-state index in [1.54, 1.807) is 5.51 Å². The Balaban J connectivity index is 1.34. The fraction of sp³-hybridized carbons (Fsp3) is 0.217. The van der Waals surface area contributed by atoms with Crippen LogP contribution in [0.2, 0.25) is 0 Å². The number of thiazole rings is 1. The minimum Gasteiger partial charge on any atom is -0.335 e. The third-order valence-electron chi connectivity index (χ3n) is 4.94. The lowest BCUT2D eigenvalue weighted by atomic mass is 10.1. The number of benzene rings is 2. The maximum absolute atomic E-state index is 13.0. The Morgan fingerprint density at radius 1 is 0.964 bits per heavy atom. The highest BCUT2D eigenvalue weighted by Gasteiger charge is 2.25. The van der Waals surface area contributed by atoms with Crippen molar-refractivity contribution in [3.63, 3.8) is 0 Å². The summed E-state index contributed by atoms with van der Waals surface area (Å²) in [6.07, 6.45) is 4.35. The maximum atomic E-state index is 13.0. The first kappa shape index (κ1) is 18.6. The average molecular weight is 390 g/mol. The number of carbonyl (C=O) groups is 1. The molecule has 1 amide bonds. The van der Waals surface area contributed by atoms with E-state index in [1.165, 1.54) is 16.9 Å². The maximum Gasteiger partial charge on any atom is 0.266 e. The van der Waals surface area contributed by atoms with Gasteiger partial charge in [-0.15, -0.1) is 11.3 Å². The fourth-order valence-corrected chi connectivity index (χ4v) is 4.15. The standard InChI is InChI=1S/C23H23N3OS/c27-23(22-21(24-18-28-22)20-11-5-2-6-12-20)26-16-14-25(15-17-26)13-7-10-19-8-3-1-4-9-19/h1-12,18H,13-17H2/b10-7+. The molecule has 28 heavy (non-hydrogen) atoms. The number of hydrogen-bond donors (Lipinski definition) is 0. The Morgan fingerprint density at radius 3 is 2.36 bits per heavy atom. The Kier molecular flexibility index (Phi) is 5.95. The topological polar surface area (TPSA) is 36.4 Å². The van der Waals surface area contributed by atoms with Crippen molar-refractivity contribution in [1.29, 1.82) is 0 Å². The van der Waals surface area contributed by atoms with Crippen molar-refractivity contribution < 1.29 is 4.79 Å². The van der Waals surface area contributed by atoms with E-state index in [1.807, 2.05) is 53.4 Å². The summed E-state index contributed by atoms with van der Waals surface area (Å²) in [5, 5.41) is 0. The van der Waals surface area contributed by atoms with Crippen LogP contribution in [0.5, 0.6) is 0 Å². The molecule has 4 nitrogen and oxygen atoms in total. The van der Waals surface area contributed by atoms with Crippen molar-refractivity contribution in [2.45, 2.75) is 0 Å². The minimum atomic E-state index is 0.0980. The molecule has 0 N–H and O–H groups in total. The number of carbonyl (C=O) groups excluding carboxylic acids is 1.